The van der Waals surface area contributed by atoms with Gasteiger partial charge in [-0.15, -0.1) is 0 Å². The first kappa shape index (κ1) is 14.3. The van der Waals surface area contributed by atoms with Crippen LogP contribution in [0.3, 0.4) is 0 Å². The number of anilines is 1. The van der Waals surface area contributed by atoms with Crippen molar-refractivity contribution in [2.24, 2.45) is 0 Å². The van der Waals surface area contributed by atoms with E-state index in [-0.39, 0.29) is 5.82 Å². The summed E-state index contributed by atoms with van der Waals surface area (Å²) in [7, 11) is 0. The Balaban J connectivity index is 1.89. The third-order valence-corrected chi connectivity index (χ3v) is 3.90. The summed E-state index contributed by atoms with van der Waals surface area (Å²) in [5, 5.41) is 7.05. The number of hydrogen-bond donors (Lipinski definition) is 2. The number of hydrogen-bond acceptors (Lipinski definition) is 2. The molecule has 1 heterocycles. The Morgan fingerprint density at radius 1 is 1.37 bits per heavy atom. The second-order valence-electron chi connectivity index (χ2n) is 5.74. The maximum atomic E-state index is 13.3. The highest BCUT2D eigenvalue weighted by molar-refractivity contribution is 5.51. The molecule has 3 heteroatoms. The van der Waals surface area contributed by atoms with Gasteiger partial charge in [-0.3, -0.25) is 0 Å². The summed E-state index contributed by atoms with van der Waals surface area (Å²) in [4.78, 5) is 0. The van der Waals surface area contributed by atoms with Gasteiger partial charge in [0.15, 0.2) is 0 Å². The number of aryl methyl sites for hydroxylation is 1. The van der Waals surface area contributed by atoms with Crippen molar-refractivity contribution in [3.05, 3.63) is 29.6 Å². The van der Waals surface area contributed by atoms with E-state index in [4.69, 9.17) is 0 Å². The number of rotatable bonds is 4. The van der Waals surface area contributed by atoms with E-state index in [0.717, 1.165) is 24.2 Å². The van der Waals surface area contributed by atoms with E-state index < -0.39 is 0 Å². The molecule has 1 aromatic rings. The van der Waals surface area contributed by atoms with Crippen molar-refractivity contribution in [3.8, 4) is 0 Å². The van der Waals surface area contributed by atoms with E-state index in [1.807, 2.05) is 13.0 Å². The summed E-state index contributed by atoms with van der Waals surface area (Å²) >= 11 is 0. The fourth-order valence-electron chi connectivity index (χ4n) is 2.80. The van der Waals surface area contributed by atoms with Gasteiger partial charge in [-0.2, -0.15) is 0 Å². The van der Waals surface area contributed by atoms with Gasteiger partial charge in [-0.05, 0) is 57.4 Å². The van der Waals surface area contributed by atoms with Crippen molar-refractivity contribution in [2.45, 2.75) is 58.0 Å². The average Bonchev–Trinajstić information content (AvgIpc) is 2.62. The zero-order valence-electron chi connectivity index (χ0n) is 12.0. The molecule has 0 spiro atoms. The molecule has 2 N–H and O–H groups in total. The zero-order valence-corrected chi connectivity index (χ0v) is 12.0. The van der Waals surface area contributed by atoms with E-state index in [9.17, 15) is 4.39 Å². The molecule has 2 rings (SSSR count). The van der Waals surface area contributed by atoms with Crippen molar-refractivity contribution >= 4 is 5.69 Å². The minimum atomic E-state index is -0.173. The van der Waals surface area contributed by atoms with Gasteiger partial charge in [-0.1, -0.05) is 18.9 Å². The van der Waals surface area contributed by atoms with Gasteiger partial charge in [0, 0.05) is 17.8 Å². The smallest absolute Gasteiger partial charge is 0.125 e. The summed E-state index contributed by atoms with van der Waals surface area (Å²) < 4.78 is 13.3. The predicted octanol–water partition coefficient (Wildman–Crippen LogP) is 3.86. The Bertz CT molecular complexity index is 398. The first-order valence-corrected chi connectivity index (χ1v) is 7.41. The van der Waals surface area contributed by atoms with Crippen molar-refractivity contribution < 1.29 is 4.39 Å². The lowest BCUT2D eigenvalue weighted by molar-refractivity contribution is 0.456. The Hall–Kier alpha value is -1.09. The molecule has 1 aliphatic rings. The standard InChI is InChI=1S/C16H25FN2/c1-12-7-8-14(17)11-16(12)19-13(2)10-15-6-4-3-5-9-18-15/h7-8,11,13,15,18-19H,3-6,9-10H2,1-2H3. The molecule has 2 nitrogen and oxygen atoms in total. The fourth-order valence-corrected chi connectivity index (χ4v) is 2.80. The SMILES string of the molecule is Cc1ccc(F)cc1NC(C)CC1CCCCCN1. The lowest BCUT2D eigenvalue weighted by atomic mass is 10.0. The average molecular weight is 264 g/mol. The highest BCUT2D eigenvalue weighted by Gasteiger charge is 2.15. The van der Waals surface area contributed by atoms with Gasteiger partial charge in [0.1, 0.15) is 5.82 Å². The van der Waals surface area contributed by atoms with Crippen LogP contribution in [0.2, 0.25) is 0 Å². The minimum absolute atomic E-state index is 0.173. The second-order valence-corrected chi connectivity index (χ2v) is 5.74. The van der Waals surface area contributed by atoms with Crippen LogP contribution < -0.4 is 10.6 Å². The fraction of sp³-hybridized carbons (Fsp3) is 0.625. The van der Waals surface area contributed by atoms with Crippen LogP contribution in [0.5, 0.6) is 0 Å². The van der Waals surface area contributed by atoms with E-state index in [1.54, 1.807) is 6.07 Å². The van der Waals surface area contributed by atoms with Crippen LogP contribution in [0.15, 0.2) is 18.2 Å². The monoisotopic (exact) mass is 264 g/mol. The Morgan fingerprint density at radius 2 is 2.21 bits per heavy atom. The molecule has 0 amide bonds. The maximum Gasteiger partial charge on any atom is 0.125 e. The predicted molar refractivity (Wildman–Crippen MR) is 79.1 cm³/mol. The lowest BCUT2D eigenvalue weighted by Crippen LogP contribution is -2.33. The van der Waals surface area contributed by atoms with Crippen LogP contribution in [0.4, 0.5) is 10.1 Å². The van der Waals surface area contributed by atoms with Gasteiger partial charge < -0.3 is 10.6 Å². The topological polar surface area (TPSA) is 24.1 Å². The molecular weight excluding hydrogens is 239 g/mol. The third-order valence-electron chi connectivity index (χ3n) is 3.90. The van der Waals surface area contributed by atoms with Crippen LogP contribution in [0.1, 0.15) is 44.6 Å². The summed E-state index contributed by atoms with van der Waals surface area (Å²) in [5.74, 6) is -0.173. The quantitative estimate of drug-likeness (QED) is 0.863. The molecule has 0 saturated carbocycles. The molecule has 2 atom stereocenters. The van der Waals surface area contributed by atoms with Crippen LogP contribution in [-0.4, -0.2) is 18.6 Å². The van der Waals surface area contributed by atoms with E-state index in [1.165, 1.54) is 31.7 Å². The van der Waals surface area contributed by atoms with Gasteiger partial charge in [-0.25, -0.2) is 4.39 Å². The zero-order chi connectivity index (χ0) is 13.7. The second kappa shape index (κ2) is 6.90. The number of halogens is 1. The molecule has 0 aromatic heterocycles. The summed E-state index contributed by atoms with van der Waals surface area (Å²) in [6.07, 6.45) is 6.31. The Kier molecular flexibility index (Phi) is 5.20. The minimum Gasteiger partial charge on any atom is -0.382 e. The van der Waals surface area contributed by atoms with Crippen molar-refractivity contribution in [1.82, 2.24) is 5.32 Å². The molecule has 2 unspecified atom stereocenters. The van der Waals surface area contributed by atoms with Gasteiger partial charge in [0.05, 0.1) is 0 Å². The van der Waals surface area contributed by atoms with Crippen LogP contribution >= 0.6 is 0 Å². The molecule has 1 fully saturated rings. The van der Waals surface area contributed by atoms with Crippen molar-refractivity contribution in [1.29, 1.82) is 0 Å². The molecule has 19 heavy (non-hydrogen) atoms. The highest BCUT2D eigenvalue weighted by Crippen LogP contribution is 2.19. The van der Waals surface area contributed by atoms with E-state index in [0.29, 0.717) is 12.1 Å². The Labute approximate surface area is 115 Å². The van der Waals surface area contributed by atoms with Crippen LogP contribution in [0.25, 0.3) is 0 Å². The molecule has 1 aromatic carbocycles. The van der Waals surface area contributed by atoms with Crippen LogP contribution in [-0.2, 0) is 0 Å². The highest BCUT2D eigenvalue weighted by atomic mass is 19.1. The number of benzene rings is 1. The van der Waals surface area contributed by atoms with E-state index in [2.05, 4.69) is 17.6 Å². The molecule has 0 bridgehead atoms. The van der Waals surface area contributed by atoms with Gasteiger partial charge in [0.25, 0.3) is 0 Å². The first-order valence-electron chi connectivity index (χ1n) is 7.41. The molecule has 1 saturated heterocycles. The number of nitrogens with one attached hydrogen (secondary N) is 2. The van der Waals surface area contributed by atoms with Crippen molar-refractivity contribution in [2.75, 3.05) is 11.9 Å². The lowest BCUT2D eigenvalue weighted by Gasteiger charge is -2.23. The summed E-state index contributed by atoms with van der Waals surface area (Å²) in [6, 6.07) is 5.88. The molecule has 106 valence electrons. The Morgan fingerprint density at radius 3 is 3.05 bits per heavy atom. The normalized spacial score (nSPS) is 21.7. The molecule has 0 aliphatic carbocycles. The summed E-state index contributed by atoms with van der Waals surface area (Å²) in [6.45, 7) is 5.33. The molecule has 1 aliphatic heterocycles. The van der Waals surface area contributed by atoms with Crippen molar-refractivity contribution in [3.63, 3.8) is 0 Å². The molecule has 0 radical (unpaired) electrons. The largest absolute Gasteiger partial charge is 0.382 e. The van der Waals surface area contributed by atoms with Crippen LogP contribution in [0, 0.1) is 12.7 Å². The van der Waals surface area contributed by atoms with Gasteiger partial charge in [0.2, 0.25) is 0 Å². The van der Waals surface area contributed by atoms with Gasteiger partial charge >= 0.3 is 0 Å². The maximum absolute atomic E-state index is 13.3. The van der Waals surface area contributed by atoms with E-state index >= 15 is 0 Å². The molecular formula is C16H25FN2. The third kappa shape index (κ3) is 4.50. The first-order chi connectivity index (χ1) is 9.15. The summed E-state index contributed by atoms with van der Waals surface area (Å²) in [5.41, 5.74) is 2.02.